The smallest absolute Gasteiger partial charge is 0.326 e. The van der Waals surface area contributed by atoms with E-state index in [-0.39, 0.29) is 12.1 Å². The maximum atomic E-state index is 12.2. The average molecular weight is 276 g/mol. The Labute approximate surface area is 118 Å². The zero-order valence-corrected chi connectivity index (χ0v) is 11.8. The van der Waals surface area contributed by atoms with Crippen molar-refractivity contribution in [1.29, 1.82) is 0 Å². The Morgan fingerprint density at radius 2 is 2.05 bits per heavy atom. The van der Waals surface area contributed by atoms with Crippen LogP contribution in [0.5, 0.6) is 0 Å². The number of aliphatic carboxylic acids is 1. The van der Waals surface area contributed by atoms with Gasteiger partial charge in [0.05, 0.1) is 0 Å². The molecule has 0 spiro atoms. The predicted octanol–water partition coefficient (Wildman–Crippen LogP) is 2.01. The first kappa shape index (κ1) is 14.4. The summed E-state index contributed by atoms with van der Waals surface area (Å²) < 4.78 is 0. The summed E-state index contributed by atoms with van der Waals surface area (Å²) >= 11 is 0. The standard InChI is InChI=1S/C15H20N2O3/c1-3-10(2)16-15(20)17-9-12-7-5-4-6-11(12)8-13(17)14(18)19/h4-7,10,13H,3,8-9H2,1-2H3,(H,16,20)(H,18,19)/t10?,13-/m1/s1. The SMILES string of the molecule is CCC(C)NC(=O)N1Cc2ccccc2C[C@@H]1C(=O)O. The van der Waals surface area contributed by atoms with Gasteiger partial charge in [-0.3, -0.25) is 0 Å². The van der Waals surface area contributed by atoms with Gasteiger partial charge in [-0.1, -0.05) is 31.2 Å². The molecule has 1 aliphatic rings. The molecule has 2 atom stereocenters. The predicted molar refractivity (Wildman–Crippen MR) is 75.4 cm³/mol. The molecule has 0 radical (unpaired) electrons. The number of carbonyl (C=O) groups is 2. The Morgan fingerprint density at radius 3 is 2.65 bits per heavy atom. The van der Waals surface area contributed by atoms with Crippen molar-refractivity contribution in [2.75, 3.05) is 0 Å². The molecule has 0 fully saturated rings. The zero-order valence-electron chi connectivity index (χ0n) is 11.8. The number of amides is 2. The molecule has 108 valence electrons. The second-order valence-electron chi connectivity index (χ2n) is 5.21. The molecule has 1 aliphatic heterocycles. The number of urea groups is 1. The minimum Gasteiger partial charge on any atom is -0.480 e. The lowest BCUT2D eigenvalue weighted by atomic mass is 9.94. The first-order valence-electron chi connectivity index (χ1n) is 6.89. The molecule has 1 aromatic carbocycles. The number of carboxylic acid groups (broad SMARTS) is 1. The molecular weight excluding hydrogens is 256 g/mol. The summed E-state index contributed by atoms with van der Waals surface area (Å²) in [6, 6.07) is 6.60. The Kier molecular flexibility index (Phi) is 4.27. The molecule has 2 N–H and O–H groups in total. The van der Waals surface area contributed by atoms with Crippen molar-refractivity contribution in [3.8, 4) is 0 Å². The van der Waals surface area contributed by atoms with Crippen LogP contribution >= 0.6 is 0 Å². The highest BCUT2D eigenvalue weighted by atomic mass is 16.4. The number of fused-ring (bicyclic) bond motifs is 1. The number of rotatable bonds is 3. The van der Waals surface area contributed by atoms with Crippen molar-refractivity contribution in [3.63, 3.8) is 0 Å². The van der Waals surface area contributed by atoms with Gasteiger partial charge in [0.25, 0.3) is 0 Å². The lowest BCUT2D eigenvalue weighted by Crippen LogP contribution is -2.53. The van der Waals surface area contributed by atoms with Crippen LogP contribution < -0.4 is 5.32 Å². The van der Waals surface area contributed by atoms with E-state index in [1.165, 1.54) is 4.90 Å². The Balaban J connectivity index is 2.22. The Hall–Kier alpha value is -2.04. The van der Waals surface area contributed by atoms with Crippen molar-refractivity contribution in [1.82, 2.24) is 10.2 Å². The molecule has 1 heterocycles. The van der Waals surface area contributed by atoms with E-state index in [0.717, 1.165) is 17.5 Å². The van der Waals surface area contributed by atoms with Crippen LogP contribution in [-0.4, -0.2) is 34.1 Å². The highest BCUT2D eigenvalue weighted by Gasteiger charge is 2.34. The van der Waals surface area contributed by atoms with Crippen molar-refractivity contribution >= 4 is 12.0 Å². The molecular formula is C15H20N2O3. The van der Waals surface area contributed by atoms with Crippen LogP contribution in [0.25, 0.3) is 0 Å². The summed E-state index contributed by atoms with van der Waals surface area (Å²) in [7, 11) is 0. The van der Waals surface area contributed by atoms with E-state index in [1.54, 1.807) is 0 Å². The van der Waals surface area contributed by atoms with Crippen molar-refractivity contribution < 1.29 is 14.7 Å². The quantitative estimate of drug-likeness (QED) is 0.887. The van der Waals surface area contributed by atoms with Gasteiger partial charge in [-0.25, -0.2) is 9.59 Å². The number of nitrogens with zero attached hydrogens (tertiary/aromatic N) is 1. The summed E-state index contributed by atoms with van der Waals surface area (Å²) in [4.78, 5) is 25.1. The molecule has 2 amide bonds. The van der Waals surface area contributed by atoms with Gasteiger partial charge < -0.3 is 15.3 Å². The van der Waals surface area contributed by atoms with Crippen molar-refractivity contribution in [2.24, 2.45) is 0 Å². The minimum absolute atomic E-state index is 0.0362. The number of carbonyl (C=O) groups excluding carboxylic acids is 1. The van der Waals surface area contributed by atoms with E-state index in [0.29, 0.717) is 13.0 Å². The topological polar surface area (TPSA) is 69.6 Å². The molecule has 5 heteroatoms. The maximum Gasteiger partial charge on any atom is 0.326 e. The average Bonchev–Trinajstić information content (AvgIpc) is 2.45. The van der Waals surface area contributed by atoms with E-state index in [9.17, 15) is 14.7 Å². The molecule has 0 aliphatic carbocycles. The fraction of sp³-hybridized carbons (Fsp3) is 0.467. The highest BCUT2D eigenvalue weighted by Crippen LogP contribution is 2.23. The van der Waals surface area contributed by atoms with Crippen LogP contribution in [0.2, 0.25) is 0 Å². The van der Waals surface area contributed by atoms with E-state index in [2.05, 4.69) is 5.32 Å². The van der Waals surface area contributed by atoms with Gasteiger partial charge >= 0.3 is 12.0 Å². The number of carboxylic acids is 1. The number of benzene rings is 1. The third-order valence-corrected chi connectivity index (χ3v) is 3.78. The maximum absolute atomic E-state index is 12.2. The molecule has 2 rings (SSSR count). The monoisotopic (exact) mass is 276 g/mol. The number of hydrogen-bond acceptors (Lipinski definition) is 2. The third-order valence-electron chi connectivity index (χ3n) is 3.78. The van der Waals surface area contributed by atoms with Crippen LogP contribution in [0.4, 0.5) is 4.79 Å². The zero-order chi connectivity index (χ0) is 14.7. The van der Waals surface area contributed by atoms with Crippen LogP contribution in [0.3, 0.4) is 0 Å². The van der Waals surface area contributed by atoms with Crippen LogP contribution in [0, 0.1) is 0 Å². The summed E-state index contributed by atoms with van der Waals surface area (Å²) in [5.41, 5.74) is 2.02. The minimum atomic E-state index is -0.959. The Bertz CT molecular complexity index is 516. The van der Waals surface area contributed by atoms with Gasteiger partial charge in [0.2, 0.25) is 0 Å². The lowest BCUT2D eigenvalue weighted by Gasteiger charge is -2.35. The van der Waals surface area contributed by atoms with Crippen LogP contribution in [-0.2, 0) is 17.8 Å². The lowest BCUT2D eigenvalue weighted by molar-refractivity contribution is -0.142. The second-order valence-corrected chi connectivity index (χ2v) is 5.21. The second kappa shape index (κ2) is 5.94. The van der Waals surface area contributed by atoms with Crippen LogP contribution in [0.1, 0.15) is 31.4 Å². The van der Waals surface area contributed by atoms with E-state index >= 15 is 0 Å². The summed E-state index contributed by atoms with van der Waals surface area (Å²) in [5.74, 6) is -0.959. The molecule has 1 aromatic rings. The molecule has 0 saturated heterocycles. The van der Waals surface area contributed by atoms with E-state index in [1.807, 2.05) is 38.1 Å². The number of nitrogens with one attached hydrogen (secondary N) is 1. The van der Waals surface area contributed by atoms with Gasteiger partial charge in [0, 0.05) is 19.0 Å². The van der Waals surface area contributed by atoms with Gasteiger partial charge in [-0.05, 0) is 24.5 Å². The van der Waals surface area contributed by atoms with Crippen molar-refractivity contribution in [2.45, 2.75) is 45.3 Å². The third kappa shape index (κ3) is 2.92. The van der Waals surface area contributed by atoms with E-state index < -0.39 is 12.0 Å². The first-order valence-corrected chi connectivity index (χ1v) is 6.89. The Morgan fingerprint density at radius 1 is 1.40 bits per heavy atom. The van der Waals surface area contributed by atoms with Gasteiger partial charge in [-0.15, -0.1) is 0 Å². The molecule has 0 aromatic heterocycles. The van der Waals surface area contributed by atoms with Gasteiger partial charge in [0.15, 0.2) is 0 Å². The van der Waals surface area contributed by atoms with Gasteiger partial charge in [0.1, 0.15) is 6.04 Å². The van der Waals surface area contributed by atoms with Gasteiger partial charge in [-0.2, -0.15) is 0 Å². The fourth-order valence-electron chi connectivity index (χ4n) is 2.35. The van der Waals surface area contributed by atoms with Crippen molar-refractivity contribution in [3.05, 3.63) is 35.4 Å². The molecule has 5 nitrogen and oxygen atoms in total. The molecule has 20 heavy (non-hydrogen) atoms. The first-order chi connectivity index (χ1) is 9.52. The summed E-state index contributed by atoms with van der Waals surface area (Å²) in [6.07, 6.45) is 1.17. The highest BCUT2D eigenvalue weighted by molar-refractivity contribution is 5.83. The van der Waals surface area contributed by atoms with Crippen LogP contribution in [0.15, 0.2) is 24.3 Å². The summed E-state index contributed by atoms with van der Waals surface area (Å²) in [6.45, 7) is 4.23. The fourth-order valence-corrected chi connectivity index (χ4v) is 2.35. The normalized spacial score (nSPS) is 19.1. The molecule has 1 unspecified atom stereocenters. The number of hydrogen-bond donors (Lipinski definition) is 2. The molecule has 0 bridgehead atoms. The van der Waals surface area contributed by atoms with E-state index in [4.69, 9.17) is 0 Å². The largest absolute Gasteiger partial charge is 0.480 e. The molecule has 0 saturated carbocycles. The summed E-state index contributed by atoms with van der Waals surface area (Å²) in [5, 5.41) is 12.2.